The molecule has 1 aliphatic rings. The van der Waals surface area contributed by atoms with E-state index in [1.807, 2.05) is 0 Å². The first-order valence-electron chi connectivity index (χ1n) is 19.9. The Morgan fingerprint density at radius 1 is 0.404 bits per heavy atom. The van der Waals surface area contributed by atoms with E-state index < -0.39 is 0 Å². The first-order chi connectivity index (χ1) is 28.0. The maximum atomic E-state index is 2.45. The minimum atomic E-state index is -0.108. The van der Waals surface area contributed by atoms with Crippen molar-refractivity contribution in [3.8, 4) is 39.1 Å². The summed E-state index contributed by atoms with van der Waals surface area (Å²) in [6.07, 6.45) is 0. The van der Waals surface area contributed by atoms with E-state index in [-0.39, 0.29) is 5.41 Å². The van der Waals surface area contributed by atoms with Crippen molar-refractivity contribution in [3.63, 3.8) is 0 Å². The molecule has 10 aromatic rings. The third-order valence-electron chi connectivity index (χ3n) is 12.2. The van der Waals surface area contributed by atoms with Gasteiger partial charge in [-0.2, -0.15) is 0 Å². The highest BCUT2D eigenvalue weighted by Crippen LogP contribution is 2.51. The van der Waals surface area contributed by atoms with Gasteiger partial charge in [0.2, 0.25) is 0 Å². The van der Waals surface area contributed by atoms with Gasteiger partial charge in [0, 0.05) is 44.2 Å². The summed E-state index contributed by atoms with van der Waals surface area (Å²) in [5, 5.41) is 5.03. The fourth-order valence-electron chi connectivity index (χ4n) is 9.40. The monoisotopic (exact) mass is 728 g/mol. The lowest BCUT2D eigenvalue weighted by molar-refractivity contribution is 0.660. The van der Waals surface area contributed by atoms with Crippen molar-refractivity contribution < 1.29 is 0 Å². The standard InChI is InChI=1S/C55H40N2/c1-55(2)50-23-13-11-22-46(50)47-34-31-43(36-51(47)55)56(52-24-14-12-20-44(52)38-15-5-3-6-16-38)42-29-25-37(26-30-42)40-28-32-48-49-33-27-39-17-9-10-21-45(39)54(49)57(53(48)35-40)41-18-7-4-8-19-41/h3-36H,1-2H3. The second-order valence-corrected chi connectivity index (χ2v) is 15.8. The van der Waals surface area contributed by atoms with Gasteiger partial charge in [0.25, 0.3) is 0 Å². The van der Waals surface area contributed by atoms with Crippen LogP contribution in [0.2, 0.25) is 0 Å². The molecule has 11 rings (SSSR count). The summed E-state index contributed by atoms with van der Waals surface area (Å²) in [7, 11) is 0. The van der Waals surface area contributed by atoms with Crippen LogP contribution in [0.25, 0.3) is 71.6 Å². The fourth-order valence-corrected chi connectivity index (χ4v) is 9.40. The number of hydrogen-bond acceptors (Lipinski definition) is 1. The van der Waals surface area contributed by atoms with Crippen molar-refractivity contribution in [2.45, 2.75) is 19.3 Å². The molecule has 0 atom stereocenters. The molecule has 1 aromatic heterocycles. The Balaban J connectivity index is 1.07. The van der Waals surface area contributed by atoms with Crippen molar-refractivity contribution in [2.24, 2.45) is 0 Å². The Hall–Kier alpha value is -7.16. The molecule has 57 heavy (non-hydrogen) atoms. The highest BCUT2D eigenvalue weighted by Gasteiger charge is 2.36. The lowest BCUT2D eigenvalue weighted by Gasteiger charge is -2.30. The van der Waals surface area contributed by atoms with Gasteiger partial charge in [-0.1, -0.05) is 172 Å². The zero-order chi connectivity index (χ0) is 38.1. The Morgan fingerprint density at radius 3 is 1.86 bits per heavy atom. The van der Waals surface area contributed by atoms with Gasteiger partial charge < -0.3 is 9.47 Å². The number of benzene rings is 9. The molecule has 0 amide bonds. The quantitative estimate of drug-likeness (QED) is 0.165. The molecule has 0 aliphatic heterocycles. The minimum Gasteiger partial charge on any atom is -0.310 e. The Kier molecular flexibility index (Phi) is 7.55. The lowest BCUT2D eigenvalue weighted by atomic mass is 9.82. The van der Waals surface area contributed by atoms with Crippen LogP contribution < -0.4 is 4.90 Å². The number of hydrogen-bond donors (Lipinski definition) is 0. The van der Waals surface area contributed by atoms with E-state index in [9.17, 15) is 0 Å². The van der Waals surface area contributed by atoms with Crippen LogP contribution in [-0.4, -0.2) is 4.57 Å². The molecule has 0 radical (unpaired) electrons. The number of fused-ring (bicyclic) bond motifs is 8. The average Bonchev–Trinajstić information content (AvgIpc) is 3.73. The van der Waals surface area contributed by atoms with Crippen molar-refractivity contribution in [1.82, 2.24) is 4.57 Å². The van der Waals surface area contributed by atoms with Crippen LogP contribution in [0, 0.1) is 0 Å². The third kappa shape index (κ3) is 5.25. The van der Waals surface area contributed by atoms with Gasteiger partial charge in [0.05, 0.1) is 16.7 Å². The van der Waals surface area contributed by atoms with Crippen LogP contribution in [-0.2, 0) is 5.41 Å². The molecule has 1 heterocycles. The first kappa shape index (κ1) is 33.2. The molecule has 1 aliphatic carbocycles. The molecule has 2 nitrogen and oxygen atoms in total. The van der Waals surface area contributed by atoms with E-state index in [1.54, 1.807) is 0 Å². The minimum absolute atomic E-state index is 0.108. The van der Waals surface area contributed by atoms with Gasteiger partial charge in [-0.25, -0.2) is 0 Å². The highest BCUT2D eigenvalue weighted by atomic mass is 15.1. The SMILES string of the molecule is CC1(C)c2ccccc2-c2ccc(N(c3ccc(-c4ccc5c6ccc7ccccc7c6n(-c6ccccc6)c5c4)cc3)c3ccccc3-c3ccccc3)cc21. The predicted octanol–water partition coefficient (Wildman–Crippen LogP) is 15.0. The molecule has 0 N–H and O–H groups in total. The molecule has 0 unspecified atom stereocenters. The molecule has 9 aromatic carbocycles. The second kappa shape index (κ2) is 13.0. The molecule has 270 valence electrons. The third-order valence-corrected chi connectivity index (χ3v) is 12.2. The molecule has 0 spiro atoms. The van der Waals surface area contributed by atoms with Crippen molar-refractivity contribution >= 4 is 49.6 Å². The molecule has 0 saturated carbocycles. The normalized spacial score (nSPS) is 12.9. The van der Waals surface area contributed by atoms with E-state index in [0.29, 0.717) is 0 Å². The van der Waals surface area contributed by atoms with Crippen LogP contribution in [0.15, 0.2) is 206 Å². The summed E-state index contributed by atoms with van der Waals surface area (Å²) >= 11 is 0. The van der Waals surface area contributed by atoms with Gasteiger partial charge in [-0.05, 0) is 92.9 Å². The molecule has 0 saturated heterocycles. The molecule has 0 fully saturated rings. The summed E-state index contributed by atoms with van der Waals surface area (Å²) in [6, 6.07) is 75.6. The number of aromatic nitrogens is 1. The van der Waals surface area contributed by atoms with Crippen LogP contribution in [0.5, 0.6) is 0 Å². The van der Waals surface area contributed by atoms with Gasteiger partial charge in [0.15, 0.2) is 0 Å². The highest BCUT2D eigenvalue weighted by molar-refractivity contribution is 6.19. The Bertz CT molecular complexity index is 3130. The lowest BCUT2D eigenvalue weighted by Crippen LogP contribution is -2.16. The van der Waals surface area contributed by atoms with Gasteiger partial charge in [-0.3, -0.25) is 0 Å². The van der Waals surface area contributed by atoms with Crippen LogP contribution in [0.4, 0.5) is 17.1 Å². The van der Waals surface area contributed by atoms with Gasteiger partial charge in [0.1, 0.15) is 0 Å². The Morgan fingerprint density at radius 2 is 1.04 bits per heavy atom. The summed E-state index contributed by atoms with van der Waals surface area (Å²) < 4.78 is 2.45. The van der Waals surface area contributed by atoms with E-state index >= 15 is 0 Å². The van der Waals surface area contributed by atoms with Crippen molar-refractivity contribution in [2.75, 3.05) is 4.90 Å². The maximum absolute atomic E-state index is 2.45. The first-order valence-corrected chi connectivity index (χ1v) is 19.9. The van der Waals surface area contributed by atoms with E-state index in [1.165, 1.54) is 77.1 Å². The zero-order valence-electron chi connectivity index (χ0n) is 32.0. The molecule has 0 bridgehead atoms. The average molecular weight is 729 g/mol. The predicted molar refractivity (Wildman–Crippen MR) is 241 cm³/mol. The van der Waals surface area contributed by atoms with E-state index in [4.69, 9.17) is 0 Å². The summed E-state index contributed by atoms with van der Waals surface area (Å²) in [5.41, 5.74) is 17.0. The number of anilines is 3. The summed E-state index contributed by atoms with van der Waals surface area (Å²) in [6.45, 7) is 4.71. The molecular formula is C55H40N2. The van der Waals surface area contributed by atoms with Crippen molar-refractivity contribution in [3.05, 3.63) is 217 Å². The van der Waals surface area contributed by atoms with Crippen LogP contribution in [0.1, 0.15) is 25.0 Å². The zero-order valence-corrected chi connectivity index (χ0v) is 32.0. The van der Waals surface area contributed by atoms with Crippen LogP contribution >= 0.6 is 0 Å². The van der Waals surface area contributed by atoms with Gasteiger partial charge >= 0.3 is 0 Å². The Labute approximate surface area is 333 Å². The van der Waals surface area contributed by atoms with E-state index in [0.717, 1.165) is 22.7 Å². The molecular weight excluding hydrogens is 689 g/mol. The largest absolute Gasteiger partial charge is 0.310 e. The van der Waals surface area contributed by atoms with Gasteiger partial charge in [-0.15, -0.1) is 0 Å². The van der Waals surface area contributed by atoms with Crippen LogP contribution in [0.3, 0.4) is 0 Å². The van der Waals surface area contributed by atoms with E-state index in [2.05, 4.69) is 230 Å². The molecule has 2 heteroatoms. The number of nitrogens with zero attached hydrogens (tertiary/aromatic N) is 2. The second-order valence-electron chi connectivity index (χ2n) is 15.8. The maximum Gasteiger partial charge on any atom is 0.0619 e. The number of para-hydroxylation sites is 2. The fraction of sp³-hybridized carbons (Fsp3) is 0.0545. The van der Waals surface area contributed by atoms with Crippen molar-refractivity contribution in [1.29, 1.82) is 0 Å². The smallest absolute Gasteiger partial charge is 0.0619 e. The number of rotatable bonds is 6. The summed E-state index contributed by atoms with van der Waals surface area (Å²) in [5.74, 6) is 0. The summed E-state index contributed by atoms with van der Waals surface area (Å²) in [4.78, 5) is 2.44. The topological polar surface area (TPSA) is 8.17 Å².